The summed E-state index contributed by atoms with van der Waals surface area (Å²) >= 11 is 0. The van der Waals surface area contributed by atoms with Crippen molar-refractivity contribution in [2.24, 2.45) is 5.73 Å². The number of rotatable bonds is 7. The molecule has 5 heteroatoms. The Balaban J connectivity index is 2.71. The maximum absolute atomic E-state index is 11.8. The molecular formula is C16H26N2O3. The van der Waals surface area contributed by atoms with Gasteiger partial charge in [-0.2, -0.15) is 0 Å². The third-order valence-electron chi connectivity index (χ3n) is 2.61. The van der Waals surface area contributed by atoms with Crippen LogP contribution in [-0.4, -0.2) is 31.2 Å². The van der Waals surface area contributed by atoms with Crippen molar-refractivity contribution in [3.63, 3.8) is 0 Å². The summed E-state index contributed by atoms with van der Waals surface area (Å²) in [5, 5.41) is 2.85. The fourth-order valence-corrected chi connectivity index (χ4v) is 1.86. The number of nitrogens with two attached hydrogens (primary N) is 1. The molecule has 0 bridgehead atoms. The molecule has 1 aromatic carbocycles. The van der Waals surface area contributed by atoms with Crippen LogP contribution in [0.3, 0.4) is 0 Å². The molecule has 0 radical (unpaired) electrons. The van der Waals surface area contributed by atoms with Crippen LogP contribution in [0.25, 0.3) is 0 Å². The summed E-state index contributed by atoms with van der Waals surface area (Å²) in [4.78, 5) is 11.8. The Hall–Kier alpha value is -1.75. The van der Waals surface area contributed by atoms with E-state index in [2.05, 4.69) is 5.32 Å². The van der Waals surface area contributed by atoms with Gasteiger partial charge in [-0.05, 0) is 58.4 Å². The third-order valence-corrected chi connectivity index (χ3v) is 2.61. The largest absolute Gasteiger partial charge is 0.490 e. The molecule has 0 saturated carbocycles. The highest BCUT2D eigenvalue weighted by atomic mass is 16.5. The molecule has 1 aromatic rings. The molecule has 0 saturated heterocycles. The predicted molar refractivity (Wildman–Crippen MR) is 83.8 cm³/mol. The molecule has 0 unspecified atom stereocenters. The highest BCUT2D eigenvalue weighted by Gasteiger charge is 2.15. The number of nitrogens with one attached hydrogen (secondary N) is 1. The van der Waals surface area contributed by atoms with Crippen molar-refractivity contribution >= 4 is 5.91 Å². The van der Waals surface area contributed by atoms with E-state index in [1.54, 1.807) is 0 Å². The SMILES string of the molecule is CCOc1cc(CCN)ccc1OCC(=O)NC(C)(C)C. The summed E-state index contributed by atoms with van der Waals surface area (Å²) in [5.41, 5.74) is 6.38. The number of hydrogen-bond donors (Lipinski definition) is 2. The van der Waals surface area contributed by atoms with Crippen LogP contribution >= 0.6 is 0 Å². The standard InChI is InChI=1S/C16H26N2O3/c1-5-20-14-10-12(8-9-17)6-7-13(14)21-11-15(19)18-16(2,3)4/h6-7,10H,5,8-9,11,17H2,1-4H3,(H,18,19). The number of carbonyl (C=O) groups excluding carboxylic acids is 1. The van der Waals surface area contributed by atoms with Crippen LogP contribution in [-0.2, 0) is 11.2 Å². The molecule has 0 atom stereocenters. The smallest absolute Gasteiger partial charge is 0.258 e. The van der Waals surface area contributed by atoms with E-state index in [1.165, 1.54) is 0 Å². The summed E-state index contributed by atoms with van der Waals surface area (Å²) in [6.45, 7) is 8.78. The van der Waals surface area contributed by atoms with Crippen LogP contribution in [0.1, 0.15) is 33.3 Å². The molecule has 21 heavy (non-hydrogen) atoms. The third kappa shape index (κ3) is 6.49. The van der Waals surface area contributed by atoms with Crippen LogP contribution < -0.4 is 20.5 Å². The summed E-state index contributed by atoms with van der Waals surface area (Å²) in [7, 11) is 0. The monoisotopic (exact) mass is 294 g/mol. The lowest BCUT2D eigenvalue weighted by molar-refractivity contribution is -0.124. The minimum Gasteiger partial charge on any atom is -0.490 e. The molecule has 5 nitrogen and oxygen atoms in total. The maximum atomic E-state index is 11.8. The van der Waals surface area contributed by atoms with E-state index in [-0.39, 0.29) is 18.1 Å². The van der Waals surface area contributed by atoms with E-state index < -0.39 is 0 Å². The van der Waals surface area contributed by atoms with Crippen molar-refractivity contribution in [2.75, 3.05) is 19.8 Å². The minimum atomic E-state index is -0.270. The molecule has 0 aliphatic carbocycles. The van der Waals surface area contributed by atoms with Gasteiger partial charge in [-0.25, -0.2) is 0 Å². The molecule has 0 heterocycles. The van der Waals surface area contributed by atoms with Gasteiger partial charge in [-0.3, -0.25) is 4.79 Å². The molecule has 0 aromatic heterocycles. The zero-order valence-corrected chi connectivity index (χ0v) is 13.4. The van der Waals surface area contributed by atoms with Crippen molar-refractivity contribution in [3.05, 3.63) is 23.8 Å². The first-order valence-corrected chi connectivity index (χ1v) is 7.25. The number of carbonyl (C=O) groups is 1. The molecule has 118 valence electrons. The number of benzene rings is 1. The molecule has 1 amide bonds. The second-order valence-electron chi connectivity index (χ2n) is 5.84. The van der Waals surface area contributed by atoms with Gasteiger partial charge in [-0.1, -0.05) is 6.07 Å². The first kappa shape index (κ1) is 17.3. The van der Waals surface area contributed by atoms with Crippen molar-refractivity contribution in [3.8, 4) is 11.5 Å². The average Bonchev–Trinajstić information content (AvgIpc) is 2.36. The molecule has 0 spiro atoms. The lowest BCUT2D eigenvalue weighted by atomic mass is 10.1. The Morgan fingerprint density at radius 2 is 1.95 bits per heavy atom. The first-order chi connectivity index (χ1) is 9.85. The predicted octanol–water partition coefficient (Wildman–Crippen LogP) is 1.88. The van der Waals surface area contributed by atoms with E-state index in [9.17, 15) is 4.79 Å². The molecule has 0 aliphatic heterocycles. The van der Waals surface area contributed by atoms with Crippen LogP contribution in [0.4, 0.5) is 0 Å². The van der Waals surface area contributed by atoms with Gasteiger partial charge in [0.25, 0.3) is 5.91 Å². The zero-order valence-electron chi connectivity index (χ0n) is 13.4. The normalized spacial score (nSPS) is 11.1. The van der Waals surface area contributed by atoms with Crippen molar-refractivity contribution in [2.45, 2.75) is 39.7 Å². The molecule has 0 fully saturated rings. The minimum absolute atomic E-state index is 0.0341. The Kier molecular flexibility index (Phi) is 6.49. The molecule has 1 rings (SSSR count). The zero-order chi connectivity index (χ0) is 15.9. The summed E-state index contributed by atoms with van der Waals surface area (Å²) in [5.74, 6) is 1.06. The van der Waals surface area contributed by atoms with Crippen molar-refractivity contribution in [1.82, 2.24) is 5.32 Å². The molecule has 0 aliphatic rings. The van der Waals surface area contributed by atoms with E-state index in [0.717, 1.165) is 12.0 Å². The number of ether oxygens (including phenoxy) is 2. The van der Waals surface area contributed by atoms with Crippen LogP contribution in [0.5, 0.6) is 11.5 Å². The fraction of sp³-hybridized carbons (Fsp3) is 0.562. The van der Waals surface area contributed by atoms with Gasteiger partial charge in [0, 0.05) is 5.54 Å². The van der Waals surface area contributed by atoms with Gasteiger partial charge in [0.05, 0.1) is 6.61 Å². The Labute approximate surface area is 126 Å². The van der Waals surface area contributed by atoms with E-state index in [4.69, 9.17) is 15.2 Å². The van der Waals surface area contributed by atoms with Gasteiger partial charge in [-0.15, -0.1) is 0 Å². The second kappa shape index (κ2) is 7.88. The van der Waals surface area contributed by atoms with Gasteiger partial charge < -0.3 is 20.5 Å². The average molecular weight is 294 g/mol. The Bertz CT molecular complexity index is 467. The fourth-order valence-electron chi connectivity index (χ4n) is 1.86. The highest BCUT2D eigenvalue weighted by molar-refractivity contribution is 5.78. The van der Waals surface area contributed by atoms with Crippen LogP contribution in [0.15, 0.2) is 18.2 Å². The first-order valence-electron chi connectivity index (χ1n) is 7.25. The topological polar surface area (TPSA) is 73.6 Å². The summed E-state index contributed by atoms with van der Waals surface area (Å²) < 4.78 is 11.1. The molecular weight excluding hydrogens is 268 g/mol. The van der Waals surface area contributed by atoms with Gasteiger partial charge in [0.2, 0.25) is 0 Å². The van der Waals surface area contributed by atoms with Crippen molar-refractivity contribution < 1.29 is 14.3 Å². The Morgan fingerprint density at radius 3 is 2.52 bits per heavy atom. The van der Waals surface area contributed by atoms with Crippen LogP contribution in [0.2, 0.25) is 0 Å². The van der Waals surface area contributed by atoms with Gasteiger partial charge >= 0.3 is 0 Å². The Morgan fingerprint density at radius 1 is 1.24 bits per heavy atom. The lowest BCUT2D eigenvalue weighted by Gasteiger charge is -2.21. The highest BCUT2D eigenvalue weighted by Crippen LogP contribution is 2.28. The quantitative estimate of drug-likeness (QED) is 0.805. The number of hydrogen-bond acceptors (Lipinski definition) is 4. The molecule has 3 N–H and O–H groups in total. The van der Waals surface area contributed by atoms with E-state index >= 15 is 0 Å². The summed E-state index contributed by atoms with van der Waals surface area (Å²) in [6, 6.07) is 5.67. The second-order valence-corrected chi connectivity index (χ2v) is 5.84. The lowest BCUT2D eigenvalue weighted by Crippen LogP contribution is -2.43. The number of amides is 1. The van der Waals surface area contributed by atoms with Crippen LogP contribution in [0, 0.1) is 0 Å². The van der Waals surface area contributed by atoms with E-state index in [0.29, 0.717) is 24.7 Å². The summed E-state index contributed by atoms with van der Waals surface area (Å²) in [6.07, 6.45) is 0.783. The van der Waals surface area contributed by atoms with Gasteiger partial charge in [0.15, 0.2) is 18.1 Å². The van der Waals surface area contributed by atoms with E-state index in [1.807, 2.05) is 45.9 Å². The van der Waals surface area contributed by atoms with Gasteiger partial charge in [0.1, 0.15) is 0 Å². The van der Waals surface area contributed by atoms with Crippen molar-refractivity contribution in [1.29, 1.82) is 0 Å². The maximum Gasteiger partial charge on any atom is 0.258 e.